The van der Waals surface area contributed by atoms with Crippen molar-refractivity contribution in [1.29, 1.82) is 0 Å². The second-order valence-corrected chi connectivity index (χ2v) is 14.1. The van der Waals surface area contributed by atoms with Gasteiger partial charge in [0, 0.05) is 54.8 Å². The largest absolute Gasteiger partial charge is 0.456 e. The fraction of sp³-hybridized carbons (Fsp3) is 0. The minimum atomic E-state index is 0.699. The Labute approximate surface area is 315 Å². The summed E-state index contributed by atoms with van der Waals surface area (Å²) in [6.07, 6.45) is 0. The summed E-state index contributed by atoms with van der Waals surface area (Å²) in [5, 5.41) is 8.12. The van der Waals surface area contributed by atoms with Gasteiger partial charge in [-0.05, 0) is 66.7 Å². The predicted molar refractivity (Wildman–Crippen MR) is 226 cm³/mol. The van der Waals surface area contributed by atoms with Crippen LogP contribution in [-0.4, -0.2) is 19.1 Å². The first kappa shape index (κ1) is 30.0. The van der Waals surface area contributed by atoms with Gasteiger partial charge in [-0.15, -0.1) is 0 Å². The lowest BCUT2D eigenvalue weighted by molar-refractivity contribution is 0.669. The van der Waals surface area contributed by atoms with Crippen LogP contribution in [0.3, 0.4) is 0 Å². The maximum atomic E-state index is 6.44. The molecule has 0 aliphatic heterocycles. The lowest BCUT2D eigenvalue weighted by Crippen LogP contribution is -1.98. The molecule has 12 aromatic rings. The molecule has 0 aliphatic rings. The summed E-state index contributed by atoms with van der Waals surface area (Å²) < 4.78 is 11.3. The van der Waals surface area contributed by atoms with Gasteiger partial charge in [0.1, 0.15) is 11.2 Å². The standard InChI is InChI=1S/C50H30N4O/c1-3-14-31(15-4-1)48-35-20-7-10-23-39(35)51-50(52-48)32-16-13-19-34(30-32)53-40-24-11-8-21-36(40)45-41(53)27-28-42-46(45)38-26-29-44-47(37-22-9-12-25-43(37)55-44)49(38)54(42)33-17-5-2-6-18-33/h1-30H. The van der Waals surface area contributed by atoms with Crippen molar-refractivity contribution in [3.8, 4) is 34.0 Å². The smallest absolute Gasteiger partial charge is 0.160 e. The monoisotopic (exact) mass is 702 g/mol. The van der Waals surface area contributed by atoms with E-state index in [0.29, 0.717) is 5.82 Å². The van der Waals surface area contributed by atoms with Crippen molar-refractivity contribution in [2.75, 3.05) is 0 Å². The number of fused-ring (bicyclic) bond motifs is 12. The molecule has 55 heavy (non-hydrogen) atoms. The molecule has 0 N–H and O–H groups in total. The molecule has 0 radical (unpaired) electrons. The van der Waals surface area contributed by atoms with Gasteiger partial charge in [0.25, 0.3) is 0 Å². The van der Waals surface area contributed by atoms with Crippen LogP contribution in [0.2, 0.25) is 0 Å². The molecule has 0 fully saturated rings. The Morgan fingerprint density at radius 3 is 1.89 bits per heavy atom. The molecule has 0 aliphatic carbocycles. The van der Waals surface area contributed by atoms with Gasteiger partial charge in [0.2, 0.25) is 0 Å². The summed E-state index contributed by atoms with van der Waals surface area (Å²) in [6, 6.07) is 64.1. The van der Waals surface area contributed by atoms with Gasteiger partial charge >= 0.3 is 0 Å². The molecule has 4 heterocycles. The highest BCUT2D eigenvalue weighted by molar-refractivity contribution is 6.33. The number of para-hydroxylation sites is 4. The summed E-state index contributed by atoms with van der Waals surface area (Å²) in [4.78, 5) is 10.3. The van der Waals surface area contributed by atoms with Gasteiger partial charge in [-0.3, -0.25) is 0 Å². The van der Waals surface area contributed by atoms with Crippen LogP contribution in [0.1, 0.15) is 0 Å². The molecule has 0 saturated heterocycles. The maximum Gasteiger partial charge on any atom is 0.160 e. The first-order valence-electron chi connectivity index (χ1n) is 18.6. The Morgan fingerprint density at radius 1 is 0.382 bits per heavy atom. The Hall–Kier alpha value is -7.50. The normalized spacial score (nSPS) is 12.0. The lowest BCUT2D eigenvalue weighted by Gasteiger charge is -2.12. The van der Waals surface area contributed by atoms with E-state index in [1.165, 1.54) is 21.5 Å². The van der Waals surface area contributed by atoms with Gasteiger partial charge in [-0.25, -0.2) is 9.97 Å². The van der Waals surface area contributed by atoms with E-state index in [2.05, 4.69) is 173 Å². The highest BCUT2D eigenvalue weighted by Gasteiger charge is 2.24. The molecule has 12 rings (SSSR count). The van der Waals surface area contributed by atoms with E-state index in [1.54, 1.807) is 0 Å². The molecule has 256 valence electrons. The minimum absolute atomic E-state index is 0.699. The molecule has 0 amide bonds. The van der Waals surface area contributed by atoms with Gasteiger partial charge in [-0.1, -0.05) is 115 Å². The number of nitrogens with zero attached hydrogens (tertiary/aromatic N) is 4. The number of benzene rings is 8. The molecule has 0 atom stereocenters. The number of hydrogen-bond acceptors (Lipinski definition) is 3. The molecule has 5 nitrogen and oxygen atoms in total. The van der Waals surface area contributed by atoms with Crippen LogP contribution in [0.15, 0.2) is 186 Å². The molecule has 0 unspecified atom stereocenters. The predicted octanol–water partition coefficient (Wildman–Crippen LogP) is 13.1. The third kappa shape index (κ3) is 4.35. The minimum Gasteiger partial charge on any atom is -0.456 e. The molecule has 5 heteroatoms. The first-order valence-corrected chi connectivity index (χ1v) is 18.6. The highest BCUT2D eigenvalue weighted by Crippen LogP contribution is 2.46. The van der Waals surface area contributed by atoms with Crippen molar-refractivity contribution in [3.05, 3.63) is 182 Å². The molecule has 8 aromatic carbocycles. The number of rotatable bonds is 4. The molecule has 4 aromatic heterocycles. The maximum absolute atomic E-state index is 6.44. The van der Waals surface area contributed by atoms with Gasteiger partial charge in [0.15, 0.2) is 5.82 Å². The quantitative estimate of drug-likeness (QED) is 0.183. The van der Waals surface area contributed by atoms with E-state index in [4.69, 9.17) is 14.4 Å². The summed E-state index contributed by atoms with van der Waals surface area (Å²) in [7, 11) is 0. The third-order valence-corrected chi connectivity index (χ3v) is 11.1. The summed E-state index contributed by atoms with van der Waals surface area (Å²) in [5.74, 6) is 0.699. The summed E-state index contributed by atoms with van der Waals surface area (Å²) in [5.41, 5.74) is 12.4. The van der Waals surface area contributed by atoms with E-state index in [9.17, 15) is 0 Å². The Bertz CT molecular complexity index is 3480. The average molecular weight is 703 g/mol. The van der Waals surface area contributed by atoms with Crippen molar-refractivity contribution in [2.24, 2.45) is 0 Å². The van der Waals surface area contributed by atoms with Crippen LogP contribution in [0.4, 0.5) is 0 Å². The molecule has 0 spiro atoms. The van der Waals surface area contributed by atoms with Crippen LogP contribution < -0.4 is 0 Å². The van der Waals surface area contributed by atoms with Crippen LogP contribution >= 0.6 is 0 Å². The van der Waals surface area contributed by atoms with E-state index >= 15 is 0 Å². The number of furan rings is 1. The number of aromatic nitrogens is 4. The molecule has 0 saturated carbocycles. The van der Waals surface area contributed by atoms with Gasteiger partial charge in [-0.2, -0.15) is 0 Å². The summed E-state index contributed by atoms with van der Waals surface area (Å²) in [6.45, 7) is 0. The van der Waals surface area contributed by atoms with Crippen molar-refractivity contribution in [2.45, 2.75) is 0 Å². The Kier molecular flexibility index (Phi) is 6.27. The van der Waals surface area contributed by atoms with E-state index in [0.717, 1.165) is 83.1 Å². The first-order chi connectivity index (χ1) is 27.3. The molecular formula is C50H30N4O. The van der Waals surface area contributed by atoms with Crippen LogP contribution in [0.5, 0.6) is 0 Å². The van der Waals surface area contributed by atoms with Crippen LogP contribution in [0, 0.1) is 0 Å². The zero-order chi connectivity index (χ0) is 36.0. The fourth-order valence-corrected chi connectivity index (χ4v) is 8.79. The number of hydrogen-bond donors (Lipinski definition) is 0. The van der Waals surface area contributed by atoms with Crippen LogP contribution in [-0.2, 0) is 0 Å². The third-order valence-electron chi connectivity index (χ3n) is 11.1. The lowest BCUT2D eigenvalue weighted by atomic mass is 10.0. The van der Waals surface area contributed by atoms with E-state index in [1.807, 2.05) is 18.2 Å². The van der Waals surface area contributed by atoms with E-state index < -0.39 is 0 Å². The van der Waals surface area contributed by atoms with E-state index in [-0.39, 0.29) is 0 Å². The van der Waals surface area contributed by atoms with Gasteiger partial charge in [0.05, 0.1) is 38.7 Å². The topological polar surface area (TPSA) is 48.8 Å². The second kappa shape index (κ2) is 11.5. The molecule has 0 bridgehead atoms. The van der Waals surface area contributed by atoms with Crippen molar-refractivity contribution < 1.29 is 4.42 Å². The van der Waals surface area contributed by atoms with Crippen molar-refractivity contribution in [3.63, 3.8) is 0 Å². The zero-order valence-corrected chi connectivity index (χ0v) is 29.5. The van der Waals surface area contributed by atoms with Gasteiger partial charge < -0.3 is 13.6 Å². The average Bonchev–Trinajstić information content (AvgIpc) is 3.91. The molecular weight excluding hydrogens is 673 g/mol. The fourth-order valence-electron chi connectivity index (χ4n) is 8.79. The van der Waals surface area contributed by atoms with Crippen molar-refractivity contribution >= 4 is 76.5 Å². The van der Waals surface area contributed by atoms with Crippen LogP contribution in [0.25, 0.3) is 110 Å². The SMILES string of the molecule is c1ccc(-c2nc(-c3cccc(-n4c5ccccc5c5c6c7ccc8oc9ccccc9c8c7n(-c7ccccc7)c6ccc54)c3)nc3ccccc23)cc1. The Balaban J connectivity index is 1.15. The van der Waals surface area contributed by atoms with Crippen molar-refractivity contribution in [1.82, 2.24) is 19.1 Å². The summed E-state index contributed by atoms with van der Waals surface area (Å²) >= 11 is 0. The zero-order valence-electron chi connectivity index (χ0n) is 29.5. The second-order valence-electron chi connectivity index (χ2n) is 14.1. The Morgan fingerprint density at radius 2 is 1.04 bits per heavy atom. The highest BCUT2D eigenvalue weighted by atomic mass is 16.3.